The number of likely N-dealkylation sites (tertiary alicyclic amines) is 1. The zero-order valence-corrected chi connectivity index (χ0v) is 16.1. The molecule has 5 heteroatoms. The number of nitrogens with zero attached hydrogens (tertiary/aromatic N) is 1. The zero-order chi connectivity index (χ0) is 18.0. The first-order chi connectivity index (χ1) is 12.0. The number of carbonyl (C=O) groups is 1. The van der Waals surface area contributed by atoms with Crippen LogP contribution in [0.3, 0.4) is 0 Å². The van der Waals surface area contributed by atoms with E-state index in [-0.39, 0.29) is 12.0 Å². The van der Waals surface area contributed by atoms with Gasteiger partial charge in [0.1, 0.15) is 0 Å². The van der Waals surface area contributed by atoms with Gasteiger partial charge in [-0.25, -0.2) is 0 Å². The van der Waals surface area contributed by atoms with E-state index in [1.165, 1.54) is 25.7 Å². The molecule has 138 valence electrons. The Kier molecular flexibility index (Phi) is 5.78. The first kappa shape index (κ1) is 18.4. The lowest BCUT2D eigenvalue weighted by atomic mass is 9.75. The normalized spacial score (nSPS) is 23.3. The molecular weight excluding hydrogens is 338 g/mol. The highest BCUT2D eigenvalue weighted by molar-refractivity contribution is 6.32. The number of hydrogen-bond donors (Lipinski definition) is 0. The lowest BCUT2D eigenvalue weighted by Crippen LogP contribution is -2.44. The van der Waals surface area contributed by atoms with E-state index in [1.807, 2.05) is 18.7 Å². The summed E-state index contributed by atoms with van der Waals surface area (Å²) in [5.41, 5.74) is 0.576. The Labute approximate surface area is 155 Å². The van der Waals surface area contributed by atoms with E-state index in [0.29, 0.717) is 28.0 Å². The van der Waals surface area contributed by atoms with Gasteiger partial charge in [-0.15, -0.1) is 0 Å². The molecule has 0 bridgehead atoms. The van der Waals surface area contributed by atoms with Crippen LogP contribution < -0.4 is 9.47 Å². The van der Waals surface area contributed by atoms with E-state index in [4.69, 9.17) is 21.1 Å². The zero-order valence-electron chi connectivity index (χ0n) is 15.4. The van der Waals surface area contributed by atoms with E-state index < -0.39 is 0 Å². The summed E-state index contributed by atoms with van der Waals surface area (Å²) in [5, 5.41) is 0.420. The van der Waals surface area contributed by atoms with Gasteiger partial charge >= 0.3 is 0 Å². The minimum Gasteiger partial charge on any atom is -0.493 e. The molecule has 0 radical (unpaired) electrons. The van der Waals surface area contributed by atoms with Crippen LogP contribution in [0, 0.1) is 11.8 Å². The summed E-state index contributed by atoms with van der Waals surface area (Å²) >= 11 is 6.38. The van der Waals surface area contributed by atoms with Gasteiger partial charge in [0, 0.05) is 18.7 Å². The molecule has 1 aromatic rings. The fourth-order valence-electron chi connectivity index (χ4n) is 4.16. The van der Waals surface area contributed by atoms with Crippen LogP contribution in [0.2, 0.25) is 5.02 Å². The summed E-state index contributed by atoms with van der Waals surface area (Å²) < 4.78 is 11.1. The predicted octanol–water partition coefficient (Wildman–Crippen LogP) is 4.79. The Morgan fingerprint density at radius 2 is 1.92 bits per heavy atom. The average molecular weight is 366 g/mol. The molecule has 1 aliphatic heterocycles. The van der Waals surface area contributed by atoms with Crippen molar-refractivity contribution in [1.82, 2.24) is 4.90 Å². The van der Waals surface area contributed by atoms with Crippen LogP contribution in [0.4, 0.5) is 0 Å². The van der Waals surface area contributed by atoms with Crippen LogP contribution >= 0.6 is 11.6 Å². The molecule has 1 aromatic carbocycles. The van der Waals surface area contributed by atoms with Crippen molar-refractivity contribution < 1.29 is 14.3 Å². The third-order valence-electron chi connectivity index (χ3n) is 5.41. The maximum Gasteiger partial charge on any atom is 0.254 e. The van der Waals surface area contributed by atoms with Crippen LogP contribution in [0.5, 0.6) is 11.5 Å². The van der Waals surface area contributed by atoms with Crippen molar-refractivity contribution in [1.29, 1.82) is 0 Å². The van der Waals surface area contributed by atoms with Gasteiger partial charge in [0.05, 0.1) is 18.2 Å². The van der Waals surface area contributed by atoms with Crippen molar-refractivity contribution in [3.05, 3.63) is 22.7 Å². The standard InChI is InChI=1S/C20H28ClNO3/c1-13(2)25-19-17(21)10-16(11-18(19)24-3)20(23)22-9-8-14-6-4-5-7-15(14)12-22/h10-11,13-15H,4-9,12H2,1-3H3/t14-,15-/m0/s1. The second-order valence-corrected chi connectivity index (χ2v) is 7.91. The summed E-state index contributed by atoms with van der Waals surface area (Å²) in [7, 11) is 1.57. The van der Waals surface area contributed by atoms with E-state index >= 15 is 0 Å². The summed E-state index contributed by atoms with van der Waals surface area (Å²) in [6.07, 6.45) is 6.32. The highest BCUT2D eigenvalue weighted by atomic mass is 35.5. The Balaban J connectivity index is 1.79. The predicted molar refractivity (Wildman–Crippen MR) is 99.7 cm³/mol. The Bertz CT molecular complexity index is 632. The van der Waals surface area contributed by atoms with Gasteiger partial charge in [0.2, 0.25) is 0 Å². The summed E-state index contributed by atoms with van der Waals surface area (Å²) in [6.45, 7) is 5.57. The third-order valence-corrected chi connectivity index (χ3v) is 5.69. The number of benzene rings is 1. The van der Waals surface area contributed by atoms with Crippen molar-refractivity contribution in [2.75, 3.05) is 20.2 Å². The molecule has 25 heavy (non-hydrogen) atoms. The largest absolute Gasteiger partial charge is 0.493 e. The second-order valence-electron chi connectivity index (χ2n) is 7.50. The van der Waals surface area contributed by atoms with Crippen LogP contribution in [0.15, 0.2) is 12.1 Å². The van der Waals surface area contributed by atoms with Crippen molar-refractivity contribution >= 4 is 17.5 Å². The van der Waals surface area contributed by atoms with Gasteiger partial charge in [0.25, 0.3) is 5.91 Å². The van der Waals surface area contributed by atoms with Gasteiger partial charge in [-0.1, -0.05) is 30.9 Å². The Hall–Kier alpha value is -1.42. The van der Waals surface area contributed by atoms with E-state index in [0.717, 1.165) is 25.4 Å². The van der Waals surface area contributed by atoms with Gasteiger partial charge in [0.15, 0.2) is 11.5 Å². The molecule has 4 nitrogen and oxygen atoms in total. The second kappa shape index (κ2) is 7.86. The van der Waals surface area contributed by atoms with E-state index in [1.54, 1.807) is 19.2 Å². The molecule has 1 heterocycles. The lowest BCUT2D eigenvalue weighted by molar-refractivity contribution is 0.0520. The SMILES string of the molecule is COc1cc(C(=O)N2CC[C@@H]3CCCC[C@H]3C2)cc(Cl)c1OC(C)C. The molecule has 3 rings (SSSR count). The number of piperidine rings is 1. The molecule has 0 N–H and O–H groups in total. The fourth-order valence-corrected chi connectivity index (χ4v) is 4.42. The van der Waals surface area contributed by atoms with Gasteiger partial charge in [-0.3, -0.25) is 4.79 Å². The molecule has 0 unspecified atom stereocenters. The van der Waals surface area contributed by atoms with Crippen molar-refractivity contribution in [3.63, 3.8) is 0 Å². The maximum atomic E-state index is 13.0. The number of fused-ring (bicyclic) bond motifs is 1. The quantitative estimate of drug-likeness (QED) is 0.770. The molecule has 1 saturated carbocycles. The van der Waals surface area contributed by atoms with Crippen LogP contribution in [-0.4, -0.2) is 37.1 Å². The van der Waals surface area contributed by atoms with Gasteiger partial charge in [-0.2, -0.15) is 0 Å². The highest BCUT2D eigenvalue weighted by Gasteiger charge is 2.33. The van der Waals surface area contributed by atoms with Crippen LogP contribution in [0.1, 0.15) is 56.3 Å². The van der Waals surface area contributed by atoms with Crippen LogP contribution in [0.25, 0.3) is 0 Å². The Morgan fingerprint density at radius 3 is 2.60 bits per heavy atom. The number of methoxy groups -OCH3 is 1. The number of ether oxygens (including phenoxy) is 2. The number of rotatable bonds is 4. The van der Waals surface area contributed by atoms with Gasteiger partial charge < -0.3 is 14.4 Å². The molecule has 1 saturated heterocycles. The summed E-state index contributed by atoms with van der Waals surface area (Å²) in [5.74, 6) is 2.52. The maximum absolute atomic E-state index is 13.0. The average Bonchev–Trinajstić information content (AvgIpc) is 2.61. The topological polar surface area (TPSA) is 38.8 Å². The minimum absolute atomic E-state index is 0.0155. The lowest BCUT2D eigenvalue weighted by Gasteiger charge is -2.41. The molecule has 1 aliphatic carbocycles. The number of amides is 1. The van der Waals surface area contributed by atoms with Crippen molar-refractivity contribution in [2.45, 2.75) is 52.1 Å². The summed E-state index contributed by atoms with van der Waals surface area (Å²) in [4.78, 5) is 15.0. The fraction of sp³-hybridized carbons (Fsp3) is 0.650. The number of hydrogen-bond acceptors (Lipinski definition) is 3. The molecule has 1 amide bonds. The van der Waals surface area contributed by atoms with Crippen molar-refractivity contribution in [3.8, 4) is 11.5 Å². The number of halogens is 1. The minimum atomic E-state index is -0.0155. The highest BCUT2D eigenvalue weighted by Crippen LogP contribution is 2.39. The first-order valence-electron chi connectivity index (χ1n) is 9.33. The molecule has 0 spiro atoms. The molecular formula is C20H28ClNO3. The van der Waals surface area contributed by atoms with Crippen LogP contribution in [-0.2, 0) is 0 Å². The Morgan fingerprint density at radius 1 is 1.20 bits per heavy atom. The van der Waals surface area contributed by atoms with E-state index in [2.05, 4.69) is 0 Å². The first-order valence-corrected chi connectivity index (χ1v) is 9.71. The van der Waals surface area contributed by atoms with Crippen molar-refractivity contribution in [2.24, 2.45) is 11.8 Å². The molecule has 2 atom stereocenters. The molecule has 2 fully saturated rings. The van der Waals surface area contributed by atoms with E-state index in [9.17, 15) is 4.79 Å². The molecule has 0 aromatic heterocycles. The molecule has 2 aliphatic rings. The third kappa shape index (κ3) is 4.05. The smallest absolute Gasteiger partial charge is 0.254 e. The summed E-state index contributed by atoms with van der Waals surface area (Å²) in [6, 6.07) is 3.45. The number of carbonyl (C=O) groups excluding carboxylic acids is 1. The van der Waals surface area contributed by atoms with Gasteiger partial charge in [-0.05, 0) is 50.7 Å². The monoisotopic (exact) mass is 365 g/mol.